The van der Waals surface area contributed by atoms with E-state index in [1.807, 2.05) is 14.1 Å². The summed E-state index contributed by atoms with van der Waals surface area (Å²) in [6, 6.07) is 6.50. The van der Waals surface area contributed by atoms with E-state index in [0.717, 1.165) is 18.1 Å². The molecule has 1 aromatic rings. The lowest BCUT2D eigenvalue weighted by Crippen LogP contribution is -2.15. The number of benzene rings is 1. The predicted molar refractivity (Wildman–Crippen MR) is 131 cm³/mol. The lowest BCUT2D eigenvalue weighted by atomic mass is 9.75. The average molecular weight is 432 g/mol. The summed E-state index contributed by atoms with van der Waals surface area (Å²) in [4.78, 5) is 11.4. The second-order valence-electron chi connectivity index (χ2n) is 8.69. The van der Waals surface area contributed by atoms with Gasteiger partial charge in [0.25, 0.3) is 0 Å². The number of unbranched alkanes of at least 4 members (excludes halogenated alkanes) is 2. The van der Waals surface area contributed by atoms with Gasteiger partial charge in [0.1, 0.15) is 19.0 Å². The maximum atomic E-state index is 11.4. The summed E-state index contributed by atoms with van der Waals surface area (Å²) in [6.07, 6.45) is 11.9. The molecule has 0 atom stereocenters. The number of esters is 1. The molecule has 0 saturated heterocycles. The van der Waals surface area contributed by atoms with E-state index in [2.05, 4.69) is 43.9 Å². The minimum absolute atomic E-state index is 0.247. The molecule has 2 rings (SSSR count). The number of rotatable bonds is 11. The summed E-state index contributed by atoms with van der Waals surface area (Å²) in [7, 11) is 3.75. The van der Waals surface area contributed by atoms with E-state index in [1.165, 1.54) is 62.5 Å². The first-order chi connectivity index (χ1) is 15.0. The third-order valence-electron chi connectivity index (χ3n) is 5.93. The smallest absolute Gasteiger partial charge is 0.333 e. The van der Waals surface area contributed by atoms with Gasteiger partial charge in [-0.05, 0) is 88.2 Å². The van der Waals surface area contributed by atoms with Crippen molar-refractivity contribution < 1.29 is 14.3 Å². The van der Waals surface area contributed by atoms with Crippen LogP contribution in [0.2, 0.25) is 0 Å². The molecular formula is C27H45NO3. The first-order valence-electron chi connectivity index (χ1n) is 12.1. The number of carbonyl (C=O) groups is 1. The molecule has 1 aliphatic carbocycles. The van der Waals surface area contributed by atoms with Crippen molar-refractivity contribution in [3.05, 3.63) is 41.5 Å². The summed E-state index contributed by atoms with van der Waals surface area (Å²) in [5, 5.41) is 2.75. The Morgan fingerprint density at radius 3 is 2.35 bits per heavy atom. The van der Waals surface area contributed by atoms with Crippen LogP contribution >= 0.6 is 0 Å². The molecule has 1 saturated carbocycles. The number of ether oxygens (including phenoxy) is 2. The molecule has 1 aromatic carbocycles. The van der Waals surface area contributed by atoms with Crippen molar-refractivity contribution >= 4 is 5.97 Å². The van der Waals surface area contributed by atoms with Gasteiger partial charge in [0, 0.05) is 5.57 Å². The van der Waals surface area contributed by atoms with E-state index in [1.54, 1.807) is 6.92 Å². The van der Waals surface area contributed by atoms with Crippen LogP contribution in [0.5, 0.6) is 5.75 Å². The molecule has 0 amide bonds. The molecular weight excluding hydrogens is 386 g/mol. The fraction of sp³-hybridized carbons (Fsp3) is 0.667. The second-order valence-corrected chi connectivity index (χ2v) is 8.69. The highest BCUT2D eigenvalue weighted by molar-refractivity contribution is 5.86. The van der Waals surface area contributed by atoms with E-state index < -0.39 is 0 Å². The van der Waals surface area contributed by atoms with Crippen LogP contribution in [-0.4, -0.2) is 33.3 Å². The third-order valence-corrected chi connectivity index (χ3v) is 5.93. The Hall–Kier alpha value is -1.81. The standard InChI is InChI=1S/C25H38O3.C2H7N/c1-5-7-8-9-20-10-12-22(13-11-20)24-15-14-23(18-21(24)6-2)27-16-17-28-25(26)19(3)4;1-3-2/h14-15,18,20,22H,3,5-13,16-17H2,1-2,4H3;3H,1-2H3. The van der Waals surface area contributed by atoms with Gasteiger partial charge < -0.3 is 14.8 Å². The Balaban J connectivity index is 0.00000151. The number of hydrogen-bond donors (Lipinski definition) is 1. The molecule has 0 heterocycles. The normalized spacial score (nSPS) is 18.0. The maximum absolute atomic E-state index is 11.4. The Labute approximate surface area is 190 Å². The van der Waals surface area contributed by atoms with Crippen molar-refractivity contribution in [1.82, 2.24) is 5.32 Å². The van der Waals surface area contributed by atoms with E-state index in [4.69, 9.17) is 9.47 Å². The lowest BCUT2D eigenvalue weighted by Gasteiger charge is -2.30. The molecule has 31 heavy (non-hydrogen) atoms. The van der Waals surface area contributed by atoms with Crippen LogP contribution in [-0.2, 0) is 16.0 Å². The Morgan fingerprint density at radius 2 is 1.77 bits per heavy atom. The molecule has 0 spiro atoms. The van der Waals surface area contributed by atoms with Crippen LogP contribution in [0.4, 0.5) is 0 Å². The highest BCUT2D eigenvalue weighted by Gasteiger charge is 2.23. The fourth-order valence-electron chi connectivity index (χ4n) is 4.24. The van der Waals surface area contributed by atoms with Gasteiger partial charge in [-0.25, -0.2) is 4.79 Å². The minimum Gasteiger partial charge on any atom is -0.490 e. The molecule has 0 aromatic heterocycles. The van der Waals surface area contributed by atoms with E-state index in [0.29, 0.717) is 18.1 Å². The van der Waals surface area contributed by atoms with Crippen molar-refractivity contribution in [3.8, 4) is 5.75 Å². The topological polar surface area (TPSA) is 47.6 Å². The van der Waals surface area contributed by atoms with Crippen LogP contribution in [0, 0.1) is 5.92 Å². The molecule has 0 radical (unpaired) electrons. The predicted octanol–water partition coefficient (Wildman–Crippen LogP) is 6.44. The summed E-state index contributed by atoms with van der Waals surface area (Å²) in [5.41, 5.74) is 3.32. The van der Waals surface area contributed by atoms with Crippen LogP contribution in [0.15, 0.2) is 30.4 Å². The van der Waals surface area contributed by atoms with Gasteiger partial charge in [-0.3, -0.25) is 0 Å². The minimum atomic E-state index is -0.363. The van der Waals surface area contributed by atoms with E-state index in [-0.39, 0.29) is 12.6 Å². The van der Waals surface area contributed by atoms with Crippen molar-refractivity contribution in [2.75, 3.05) is 27.3 Å². The zero-order chi connectivity index (χ0) is 23.1. The summed E-state index contributed by atoms with van der Waals surface area (Å²) < 4.78 is 10.9. The van der Waals surface area contributed by atoms with Crippen LogP contribution < -0.4 is 10.1 Å². The maximum Gasteiger partial charge on any atom is 0.333 e. The van der Waals surface area contributed by atoms with Crippen molar-refractivity contribution in [3.63, 3.8) is 0 Å². The van der Waals surface area contributed by atoms with Crippen molar-refractivity contribution in [2.45, 2.75) is 84.5 Å². The molecule has 1 aliphatic rings. The molecule has 0 bridgehead atoms. The zero-order valence-corrected chi connectivity index (χ0v) is 20.6. The number of carbonyl (C=O) groups excluding carboxylic acids is 1. The van der Waals surface area contributed by atoms with Crippen molar-refractivity contribution in [2.24, 2.45) is 5.92 Å². The monoisotopic (exact) mass is 431 g/mol. The van der Waals surface area contributed by atoms with Crippen LogP contribution in [0.25, 0.3) is 0 Å². The Bertz CT molecular complexity index is 648. The average Bonchev–Trinajstić information content (AvgIpc) is 2.77. The number of aryl methyl sites for hydroxylation is 1. The van der Waals surface area contributed by atoms with Gasteiger partial charge in [0.2, 0.25) is 0 Å². The fourth-order valence-corrected chi connectivity index (χ4v) is 4.24. The quantitative estimate of drug-likeness (QED) is 0.249. The molecule has 176 valence electrons. The van der Waals surface area contributed by atoms with Gasteiger partial charge in [-0.15, -0.1) is 0 Å². The Morgan fingerprint density at radius 1 is 1.10 bits per heavy atom. The molecule has 0 aliphatic heterocycles. The van der Waals surface area contributed by atoms with E-state index >= 15 is 0 Å². The third kappa shape index (κ3) is 10.4. The van der Waals surface area contributed by atoms with Crippen LogP contribution in [0.3, 0.4) is 0 Å². The first kappa shape index (κ1) is 27.2. The first-order valence-corrected chi connectivity index (χ1v) is 12.1. The summed E-state index contributed by atoms with van der Waals surface area (Å²) in [6.45, 7) is 10.3. The largest absolute Gasteiger partial charge is 0.490 e. The molecule has 1 N–H and O–H groups in total. The van der Waals surface area contributed by atoms with Gasteiger partial charge in [-0.2, -0.15) is 0 Å². The second kappa shape index (κ2) is 15.9. The van der Waals surface area contributed by atoms with Gasteiger partial charge in [0.15, 0.2) is 0 Å². The van der Waals surface area contributed by atoms with Crippen molar-refractivity contribution in [1.29, 1.82) is 0 Å². The molecule has 1 fully saturated rings. The summed E-state index contributed by atoms with van der Waals surface area (Å²) in [5.74, 6) is 2.14. The Kier molecular flexibility index (Phi) is 14.0. The van der Waals surface area contributed by atoms with Gasteiger partial charge in [0.05, 0.1) is 0 Å². The highest BCUT2D eigenvalue weighted by atomic mass is 16.6. The van der Waals surface area contributed by atoms with Crippen LogP contribution in [0.1, 0.15) is 89.2 Å². The molecule has 4 nitrogen and oxygen atoms in total. The zero-order valence-electron chi connectivity index (χ0n) is 20.6. The molecule has 0 unspecified atom stereocenters. The lowest BCUT2D eigenvalue weighted by molar-refractivity contribution is -0.139. The van der Waals surface area contributed by atoms with E-state index in [9.17, 15) is 4.79 Å². The number of hydrogen-bond acceptors (Lipinski definition) is 4. The summed E-state index contributed by atoms with van der Waals surface area (Å²) >= 11 is 0. The number of nitrogens with one attached hydrogen (secondary N) is 1. The molecule has 4 heteroatoms. The van der Waals surface area contributed by atoms with Gasteiger partial charge >= 0.3 is 5.97 Å². The SMILES string of the molecule is C=C(C)C(=O)OCCOc1ccc(C2CCC(CCCCC)CC2)c(CC)c1.CNC. The highest BCUT2D eigenvalue weighted by Crippen LogP contribution is 2.39. The van der Waals surface area contributed by atoms with Gasteiger partial charge in [-0.1, -0.05) is 52.2 Å².